The first-order chi connectivity index (χ1) is 9.06. The highest BCUT2D eigenvalue weighted by Gasteiger charge is 2.26. The second kappa shape index (κ2) is 5.95. The molecule has 1 aromatic carbocycles. The third-order valence-corrected chi connectivity index (χ3v) is 3.37. The molecule has 19 heavy (non-hydrogen) atoms. The van der Waals surface area contributed by atoms with E-state index in [4.69, 9.17) is 10.5 Å². The van der Waals surface area contributed by atoms with Crippen LogP contribution in [0.25, 0.3) is 0 Å². The van der Waals surface area contributed by atoms with E-state index >= 15 is 0 Å². The number of nitrogen functional groups attached to an aromatic ring is 1. The third-order valence-electron chi connectivity index (χ3n) is 3.37. The molecule has 1 unspecified atom stereocenters. The monoisotopic (exact) mass is 262 g/mol. The Balaban J connectivity index is 1.94. The summed E-state index contributed by atoms with van der Waals surface area (Å²) >= 11 is 0. The number of carbonyl (C=O) groups excluding carboxylic acids is 1. The molecule has 4 nitrogen and oxygen atoms in total. The molecule has 0 aromatic heterocycles. The molecule has 1 saturated heterocycles. The Bertz CT molecular complexity index is 428. The van der Waals surface area contributed by atoms with Crippen LogP contribution in [-0.4, -0.2) is 30.0 Å². The zero-order valence-electron chi connectivity index (χ0n) is 11.6. The van der Waals surface area contributed by atoms with Gasteiger partial charge >= 0.3 is 0 Å². The van der Waals surface area contributed by atoms with Crippen molar-refractivity contribution in [2.24, 2.45) is 5.92 Å². The number of hydrogen-bond acceptors (Lipinski definition) is 3. The summed E-state index contributed by atoms with van der Waals surface area (Å²) in [6.45, 7) is 5.40. The van der Waals surface area contributed by atoms with Crippen LogP contribution in [0.5, 0.6) is 5.75 Å². The van der Waals surface area contributed by atoms with Gasteiger partial charge in [-0.05, 0) is 37.1 Å². The van der Waals surface area contributed by atoms with Gasteiger partial charge in [-0.2, -0.15) is 0 Å². The fraction of sp³-hybridized carbons (Fsp3) is 0.533. The smallest absolute Gasteiger partial charge is 0.225 e. The normalized spacial score (nSPS) is 19.5. The average Bonchev–Trinajstić information content (AvgIpc) is 2.41. The van der Waals surface area contributed by atoms with Crippen LogP contribution < -0.4 is 10.5 Å². The first-order valence-electron chi connectivity index (χ1n) is 6.87. The van der Waals surface area contributed by atoms with Gasteiger partial charge in [0.1, 0.15) is 11.9 Å². The predicted molar refractivity (Wildman–Crippen MR) is 75.9 cm³/mol. The van der Waals surface area contributed by atoms with Gasteiger partial charge in [-0.1, -0.05) is 13.8 Å². The van der Waals surface area contributed by atoms with Crippen LogP contribution in [-0.2, 0) is 4.79 Å². The van der Waals surface area contributed by atoms with E-state index in [0.717, 1.165) is 30.8 Å². The second-order valence-corrected chi connectivity index (χ2v) is 5.39. The molecule has 0 radical (unpaired) electrons. The molecule has 0 bridgehead atoms. The lowest BCUT2D eigenvalue weighted by molar-refractivity contribution is -0.137. The van der Waals surface area contributed by atoms with E-state index in [9.17, 15) is 4.79 Å². The van der Waals surface area contributed by atoms with Gasteiger partial charge in [0, 0.05) is 18.2 Å². The Morgan fingerprint density at radius 3 is 2.68 bits per heavy atom. The van der Waals surface area contributed by atoms with Crippen molar-refractivity contribution >= 4 is 11.6 Å². The molecular formula is C15H22N2O2. The first kappa shape index (κ1) is 13.7. The number of likely N-dealkylation sites (tertiary alicyclic amines) is 1. The maximum absolute atomic E-state index is 12.0. The van der Waals surface area contributed by atoms with Crippen molar-refractivity contribution in [3.8, 4) is 5.75 Å². The number of nitrogens with zero attached hydrogens (tertiary/aromatic N) is 1. The predicted octanol–water partition coefficient (Wildman–Crippen LogP) is 2.29. The number of anilines is 1. The maximum Gasteiger partial charge on any atom is 0.225 e. The van der Waals surface area contributed by atoms with Crippen molar-refractivity contribution in [1.82, 2.24) is 4.90 Å². The van der Waals surface area contributed by atoms with Gasteiger partial charge in [0.25, 0.3) is 0 Å². The van der Waals surface area contributed by atoms with Gasteiger partial charge in [-0.15, -0.1) is 0 Å². The molecule has 4 heteroatoms. The number of amides is 1. The molecule has 1 aliphatic heterocycles. The number of ether oxygens (including phenoxy) is 1. The van der Waals surface area contributed by atoms with Gasteiger partial charge in [0.15, 0.2) is 0 Å². The van der Waals surface area contributed by atoms with Crippen LogP contribution in [0, 0.1) is 5.92 Å². The number of rotatable bonds is 3. The van der Waals surface area contributed by atoms with Crippen molar-refractivity contribution in [1.29, 1.82) is 0 Å². The van der Waals surface area contributed by atoms with E-state index < -0.39 is 0 Å². The van der Waals surface area contributed by atoms with Crippen LogP contribution in [0.15, 0.2) is 24.3 Å². The summed E-state index contributed by atoms with van der Waals surface area (Å²) in [6, 6.07) is 7.40. The summed E-state index contributed by atoms with van der Waals surface area (Å²) < 4.78 is 5.92. The van der Waals surface area contributed by atoms with E-state index in [1.165, 1.54) is 0 Å². The molecule has 1 amide bonds. The Labute approximate surface area is 114 Å². The summed E-state index contributed by atoms with van der Waals surface area (Å²) in [5, 5.41) is 0. The highest BCUT2D eigenvalue weighted by atomic mass is 16.5. The summed E-state index contributed by atoms with van der Waals surface area (Å²) in [5.74, 6) is 1.08. The topological polar surface area (TPSA) is 55.6 Å². The van der Waals surface area contributed by atoms with Crippen molar-refractivity contribution < 1.29 is 9.53 Å². The average molecular weight is 262 g/mol. The number of carbonyl (C=O) groups is 1. The van der Waals surface area contributed by atoms with E-state index in [0.29, 0.717) is 6.54 Å². The molecule has 1 aliphatic rings. The Morgan fingerprint density at radius 1 is 1.37 bits per heavy atom. The summed E-state index contributed by atoms with van der Waals surface area (Å²) in [6.07, 6.45) is 2.07. The molecule has 2 N–H and O–H groups in total. The highest BCUT2D eigenvalue weighted by Crippen LogP contribution is 2.20. The van der Waals surface area contributed by atoms with Crippen molar-refractivity contribution in [2.75, 3.05) is 18.8 Å². The van der Waals surface area contributed by atoms with Crippen molar-refractivity contribution in [3.63, 3.8) is 0 Å². The molecule has 0 saturated carbocycles. The van der Waals surface area contributed by atoms with Gasteiger partial charge in [-0.25, -0.2) is 0 Å². The standard InChI is InChI=1S/C15H22N2O2/c1-11(2)15(18)17-9-3-4-14(10-17)19-13-7-5-12(16)6-8-13/h5-8,11,14H,3-4,9-10,16H2,1-2H3. The van der Waals surface area contributed by atoms with Crippen LogP contribution in [0.2, 0.25) is 0 Å². The summed E-state index contributed by atoms with van der Waals surface area (Å²) in [5.41, 5.74) is 6.38. The SMILES string of the molecule is CC(C)C(=O)N1CCCC(Oc2ccc(N)cc2)C1. The van der Waals surface area contributed by atoms with Crippen LogP contribution in [0.1, 0.15) is 26.7 Å². The number of nitrogens with two attached hydrogens (primary N) is 1. The van der Waals surface area contributed by atoms with Gasteiger partial charge in [0.2, 0.25) is 5.91 Å². The number of benzene rings is 1. The zero-order valence-corrected chi connectivity index (χ0v) is 11.6. The van der Waals surface area contributed by atoms with E-state index in [2.05, 4.69) is 0 Å². The molecule has 1 aromatic rings. The molecule has 1 heterocycles. The molecule has 104 valence electrons. The Kier molecular flexibility index (Phi) is 4.30. The lowest BCUT2D eigenvalue weighted by atomic mass is 10.1. The van der Waals surface area contributed by atoms with Crippen molar-refractivity contribution in [3.05, 3.63) is 24.3 Å². The van der Waals surface area contributed by atoms with Crippen LogP contribution in [0.3, 0.4) is 0 Å². The highest BCUT2D eigenvalue weighted by molar-refractivity contribution is 5.78. The lowest BCUT2D eigenvalue weighted by Crippen LogP contribution is -2.45. The third kappa shape index (κ3) is 3.63. The summed E-state index contributed by atoms with van der Waals surface area (Å²) in [4.78, 5) is 13.9. The molecule has 1 atom stereocenters. The number of piperidine rings is 1. The fourth-order valence-corrected chi connectivity index (χ4v) is 2.34. The van der Waals surface area contributed by atoms with E-state index in [1.54, 1.807) is 0 Å². The van der Waals surface area contributed by atoms with Crippen LogP contribution >= 0.6 is 0 Å². The van der Waals surface area contributed by atoms with Crippen LogP contribution in [0.4, 0.5) is 5.69 Å². The van der Waals surface area contributed by atoms with Crippen molar-refractivity contribution in [2.45, 2.75) is 32.8 Å². The number of hydrogen-bond donors (Lipinski definition) is 1. The van der Waals surface area contributed by atoms with Gasteiger partial charge in [-0.3, -0.25) is 4.79 Å². The minimum atomic E-state index is 0.0512. The zero-order chi connectivity index (χ0) is 13.8. The molecule has 1 fully saturated rings. The lowest BCUT2D eigenvalue weighted by Gasteiger charge is -2.34. The first-order valence-corrected chi connectivity index (χ1v) is 6.87. The maximum atomic E-state index is 12.0. The molecule has 0 aliphatic carbocycles. The molecule has 0 spiro atoms. The van der Waals surface area contributed by atoms with E-state index in [1.807, 2.05) is 43.0 Å². The van der Waals surface area contributed by atoms with E-state index in [-0.39, 0.29) is 17.9 Å². The quantitative estimate of drug-likeness (QED) is 0.850. The fourth-order valence-electron chi connectivity index (χ4n) is 2.34. The molecule has 2 rings (SSSR count). The second-order valence-electron chi connectivity index (χ2n) is 5.39. The minimum absolute atomic E-state index is 0.0512. The minimum Gasteiger partial charge on any atom is -0.489 e. The van der Waals surface area contributed by atoms with Gasteiger partial charge < -0.3 is 15.4 Å². The summed E-state index contributed by atoms with van der Waals surface area (Å²) in [7, 11) is 0. The largest absolute Gasteiger partial charge is 0.489 e. The Morgan fingerprint density at radius 2 is 2.05 bits per heavy atom. The Hall–Kier alpha value is -1.71. The molecular weight excluding hydrogens is 240 g/mol. The van der Waals surface area contributed by atoms with Gasteiger partial charge in [0.05, 0.1) is 6.54 Å².